The number of carbonyl (C=O) groups is 2. The molecule has 2 N–H and O–H groups in total. The summed E-state index contributed by atoms with van der Waals surface area (Å²) in [6.07, 6.45) is 0.882. The molecule has 10 heteroatoms. The number of imide groups is 1. The topological polar surface area (TPSA) is 101 Å². The molecule has 0 radical (unpaired) electrons. The Kier molecular flexibility index (Phi) is 9.78. The lowest BCUT2D eigenvalue weighted by Gasteiger charge is -2.23. The Bertz CT molecular complexity index is 812. The molecule has 1 aromatic carbocycles. The SMILES string of the molecule is CCC(c1nnc(SCC(=O)NC(=O)NCCOC)n1Cc1ccccc1)N(C)C. The first-order chi connectivity index (χ1) is 14.5. The molecule has 2 rings (SSSR count). The van der Waals surface area contributed by atoms with E-state index in [0.29, 0.717) is 24.9 Å². The molecule has 1 aromatic heterocycles. The van der Waals surface area contributed by atoms with Crippen molar-refractivity contribution in [3.63, 3.8) is 0 Å². The molecule has 0 fully saturated rings. The van der Waals surface area contributed by atoms with Gasteiger partial charge in [-0.15, -0.1) is 10.2 Å². The highest BCUT2D eigenvalue weighted by atomic mass is 32.2. The zero-order valence-corrected chi connectivity index (χ0v) is 18.7. The van der Waals surface area contributed by atoms with Crippen molar-refractivity contribution < 1.29 is 14.3 Å². The van der Waals surface area contributed by atoms with Crippen molar-refractivity contribution in [3.8, 4) is 0 Å². The third-order valence-electron chi connectivity index (χ3n) is 4.41. The number of benzene rings is 1. The van der Waals surface area contributed by atoms with Gasteiger partial charge in [-0.3, -0.25) is 15.0 Å². The third-order valence-corrected chi connectivity index (χ3v) is 5.38. The molecule has 0 spiro atoms. The highest BCUT2D eigenvalue weighted by Gasteiger charge is 2.22. The highest BCUT2D eigenvalue weighted by Crippen LogP contribution is 2.26. The molecule has 2 aromatic rings. The van der Waals surface area contributed by atoms with Crippen LogP contribution in [0.1, 0.15) is 30.8 Å². The molecule has 1 unspecified atom stereocenters. The molecule has 0 aliphatic heterocycles. The molecule has 0 bridgehead atoms. The first kappa shape index (κ1) is 23.8. The number of carbonyl (C=O) groups excluding carboxylic acids is 2. The molecular weight excluding hydrogens is 404 g/mol. The van der Waals surface area contributed by atoms with Crippen LogP contribution in [0.4, 0.5) is 4.79 Å². The predicted octanol–water partition coefficient (Wildman–Crippen LogP) is 1.90. The lowest BCUT2D eigenvalue weighted by molar-refractivity contribution is -0.117. The first-order valence-corrected chi connectivity index (χ1v) is 10.8. The molecular formula is C20H30N6O3S. The summed E-state index contributed by atoms with van der Waals surface area (Å²) < 4.78 is 6.90. The summed E-state index contributed by atoms with van der Waals surface area (Å²) in [5.41, 5.74) is 1.12. The molecule has 0 aliphatic rings. The van der Waals surface area contributed by atoms with E-state index in [1.807, 2.05) is 49.0 Å². The van der Waals surface area contributed by atoms with Gasteiger partial charge in [-0.05, 0) is 26.1 Å². The fourth-order valence-corrected chi connectivity index (χ4v) is 3.70. The molecule has 0 saturated carbocycles. The number of amides is 3. The number of ether oxygens (including phenoxy) is 1. The van der Waals surface area contributed by atoms with E-state index in [2.05, 4.69) is 32.7 Å². The zero-order chi connectivity index (χ0) is 21.9. The molecule has 30 heavy (non-hydrogen) atoms. The number of methoxy groups -OCH3 is 1. The van der Waals surface area contributed by atoms with Crippen molar-refractivity contribution in [3.05, 3.63) is 41.7 Å². The lowest BCUT2D eigenvalue weighted by atomic mass is 10.2. The van der Waals surface area contributed by atoms with Crippen molar-refractivity contribution >= 4 is 23.7 Å². The fraction of sp³-hybridized carbons (Fsp3) is 0.500. The van der Waals surface area contributed by atoms with Crippen LogP contribution in [-0.2, 0) is 16.1 Å². The predicted molar refractivity (Wildman–Crippen MR) is 116 cm³/mol. The van der Waals surface area contributed by atoms with Gasteiger partial charge >= 0.3 is 6.03 Å². The summed E-state index contributed by atoms with van der Waals surface area (Å²) in [6, 6.07) is 9.62. The van der Waals surface area contributed by atoms with Crippen molar-refractivity contribution in [2.24, 2.45) is 0 Å². The summed E-state index contributed by atoms with van der Waals surface area (Å²) in [6.45, 7) is 3.43. The second-order valence-corrected chi connectivity index (χ2v) is 7.83. The lowest BCUT2D eigenvalue weighted by Crippen LogP contribution is -2.41. The maximum atomic E-state index is 12.1. The Morgan fingerprint density at radius 1 is 1.23 bits per heavy atom. The van der Waals surface area contributed by atoms with Gasteiger partial charge in [0.2, 0.25) is 5.91 Å². The second-order valence-electron chi connectivity index (χ2n) is 6.89. The maximum Gasteiger partial charge on any atom is 0.321 e. The van der Waals surface area contributed by atoms with E-state index >= 15 is 0 Å². The normalized spacial score (nSPS) is 12.0. The zero-order valence-electron chi connectivity index (χ0n) is 17.9. The number of nitrogens with zero attached hydrogens (tertiary/aromatic N) is 4. The van der Waals surface area contributed by atoms with Crippen LogP contribution in [0.15, 0.2) is 35.5 Å². The molecule has 1 atom stereocenters. The Morgan fingerprint density at radius 2 is 1.97 bits per heavy atom. The average molecular weight is 435 g/mol. The van der Waals surface area contributed by atoms with Gasteiger partial charge in [0.15, 0.2) is 11.0 Å². The summed E-state index contributed by atoms with van der Waals surface area (Å²) >= 11 is 1.26. The van der Waals surface area contributed by atoms with Gasteiger partial charge in [0.1, 0.15) is 0 Å². The minimum absolute atomic E-state index is 0.0589. The van der Waals surface area contributed by atoms with Gasteiger partial charge in [0.05, 0.1) is 24.9 Å². The summed E-state index contributed by atoms with van der Waals surface area (Å²) in [5, 5.41) is 14.2. The fourth-order valence-electron chi connectivity index (χ4n) is 2.95. The molecule has 164 valence electrons. The van der Waals surface area contributed by atoms with Crippen molar-refractivity contribution in [1.82, 2.24) is 30.3 Å². The van der Waals surface area contributed by atoms with Crippen molar-refractivity contribution in [2.75, 3.05) is 40.1 Å². The van der Waals surface area contributed by atoms with E-state index in [1.165, 1.54) is 11.8 Å². The summed E-state index contributed by atoms with van der Waals surface area (Å²) in [5.74, 6) is 0.514. The molecule has 9 nitrogen and oxygen atoms in total. The van der Waals surface area contributed by atoms with Crippen LogP contribution in [0.5, 0.6) is 0 Å². The third kappa shape index (κ3) is 7.12. The van der Waals surface area contributed by atoms with Crippen LogP contribution in [0.3, 0.4) is 0 Å². The monoisotopic (exact) mass is 434 g/mol. The van der Waals surface area contributed by atoms with Gasteiger partial charge in [-0.2, -0.15) is 0 Å². The maximum absolute atomic E-state index is 12.1. The Hall–Kier alpha value is -2.43. The van der Waals surface area contributed by atoms with Gasteiger partial charge < -0.3 is 14.6 Å². The smallest absolute Gasteiger partial charge is 0.321 e. The number of hydrogen-bond donors (Lipinski definition) is 2. The van der Waals surface area contributed by atoms with Crippen LogP contribution in [-0.4, -0.2) is 71.7 Å². The Balaban J connectivity index is 2.10. The number of hydrogen-bond acceptors (Lipinski definition) is 7. The molecule has 1 heterocycles. The van der Waals surface area contributed by atoms with Gasteiger partial charge in [-0.25, -0.2) is 4.79 Å². The van der Waals surface area contributed by atoms with Crippen molar-refractivity contribution in [1.29, 1.82) is 0 Å². The molecule has 0 saturated heterocycles. The van der Waals surface area contributed by atoms with Gasteiger partial charge in [0.25, 0.3) is 0 Å². The van der Waals surface area contributed by atoms with Gasteiger partial charge in [0, 0.05) is 13.7 Å². The highest BCUT2D eigenvalue weighted by molar-refractivity contribution is 7.99. The number of aromatic nitrogens is 3. The molecule has 3 amide bonds. The average Bonchev–Trinajstić information content (AvgIpc) is 3.10. The Morgan fingerprint density at radius 3 is 2.60 bits per heavy atom. The van der Waals surface area contributed by atoms with E-state index in [-0.39, 0.29) is 11.8 Å². The van der Waals surface area contributed by atoms with E-state index in [4.69, 9.17) is 4.74 Å². The second kappa shape index (κ2) is 12.3. The van der Waals surface area contributed by atoms with E-state index < -0.39 is 11.9 Å². The van der Waals surface area contributed by atoms with Crippen LogP contribution >= 0.6 is 11.8 Å². The van der Waals surface area contributed by atoms with Crippen molar-refractivity contribution in [2.45, 2.75) is 31.1 Å². The minimum Gasteiger partial charge on any atom is -0.383 e. The first-order valence-electron chi connectivity index (χ1n) is 9.79. The minimum atomic E-state index is -0.539. The largest absolute Gasteiger partial charge is 0.383 e. The standard InChI is InChI=1S/C20H30N6O3S/c1-5-16(25(2)3)18-23-24-20(26(18)13-15-9-7-6-8-10-15)30-14-17(27)22-19(28)21-11-12-29-4/h6-10,16H,5,11-14H2,1-4H3,(H2,21,22,27,28). The van der Waals surface area contributed by atoms with E-state index in [0.717, 1.165) is 17.8 Å². The van der Waals surface area contributed by atoms with Crippen LogP contribution in [0.2, 0.25) is 0 Å². The van der Waals surface area contributed by atoms with Crippen LogP contribution < -0.4 is 10.6 Å². The number of rotatable bonds is 11. The van der Waals surface area contributed by atoms with E-state index in [9.17, 15) is 9.59 Å². The van der Waals surface area contributed by atoms with Gasteiger partial charge in [-0.1, -0.05) is 49.0 Å². The quantitative estimate of drug-likeness (QED) is 0.411. The number of urea groups is 1. The van der Waals surface area contributed by atoms with Crippen LogP contribution in [0, 0.1) is 0 Å². The number of thioether (sulfide) groups is 1. The number of nitrogens with one attached hydrogen (secondary N) is 2. The Labute approximate surface area is 181 Å². The van der Waals surface area contributed by atoms with Crippen LogP contribution in [0.25, 0.3) is 0 Å². The summed E-state index contributed by atoms with van der Waals surface area (Å²) in [7, 11) is 5.57. The van der Waals surface area contributed by atoms with E-state index in [1.54, 1.807) is 7.11 Å². The molecule has 0 aliphatic carbocycles. The summed E-state index contributed by atoms with van der Waals surface area (Å²) in [4.78, 5) is 26.0.